The van der Waals surface area contributed by atoms with Crippen molar-refractivity contribution in [1.29, 1.82) is 0 Å². The van der Waals surface area contributed by atoms with Gasteiger partial charge in [-0.05, 0) is 25.5 Å². The van der Waals surface area contributed by atoms with Crippen LogP contribution in [0.15, 0.2) is 30.7 Å². The minimum atomic E-state index is -0.0370. The lowest BCUT2D eigenvalue weighted by atomic mass is 10.1. The van der Waals surface area contributed by atoms with Crippen LogP contribution >= 0.6 is 0 Å². The lowest BCUT2D eigenvalue weighted by molar-refractivity contribution is 0.0784. The van der Waals surface area contributed by atoms with Crippen LogP contribution in [0.2, 0.25) is 0 Å². The van der Waals surface area contributed by atoms with Crippen LogP contribution < -0.4 is 0 Å². The van der Waals surface area contributed by atoms with Crippen molar-refractivity contribution >= 4 is 5.91 Å². The first kappa shape index (κ1) is 16.4. The minimum Gasteiger partial charge on any atom is -0.336 e. The van der Waals surface area contributed by atoms with Gasteiger partial charge in [-0.25, -0.2) is 15.0 Å². The quantitative estimate of drug-likeness (QED) is 0.715. The zero-order chi connectivity index (χ0) is 18.3. The van der Waals surface area contributed by atoms with E-state index >= 15 is 0 Å². The summed E-state index contributed by atoms with van der Waals surface area (Å²) in [4.78, 5) is 28.2. The lowest BCUT2D eigenvalue weighted by Gasteiger charge is -2.15. The highest BCUT2D eigenvalue weighted by Gasteiger charge is 2.31. The summed E-state index contributed by atoms with van der Waals surface area (Å²) >= 11 is 0. The molecule has 0 bridgehead atoms. The maximum Gasteiger partial charge on any atom is 0.274 e. The molecule has 1 aliphatic rings. The first-order valence-corrected chi connectivity index (χ1v) is 8.63. The molecule has 26 heavy (non-hydrogen) atoms. The summed E-state index contributed by atoms with van der Waals surface area (Å²) < 4.78 is 3.58. The van der Waals surface area contributed by atoms with Crippen LogP contribution in [0.5, 0.6) is 0 Å². The molecule has 4 heterocycles. The number of carbonyl (C=O) groups excluding carboxylic acids is 1. The molecule has 1 amide bonds. The topological polar surface area (TPSA) is 81.7 Å². The first-order valence-electron chi connectivity index (χ1n) is 8.63. The van der Waals surface area contributed by atoms with Crippen LogP contribution in [0, 0.1) is 6.92 Å². The Morgan fingerprint density at radius 1 is 1.23 bits per heavy atom. The van der Waals surface area contributed by atoms with E-state index in [4.69, 9.17) is 4.98 Å². The van der Waals surface area contributed by atoms with Gasteiger partial charge in [0.15, 0.2) is 5.82 Å². The van der Waals surface area contributed by atoms with E-state index in [1.807, 2.05) is 42.7 Å². The second kappa shape index (κ2) is 6.36. The van der Waals surface area contributed by atoms with Crippen LogP contribution in [0.25, 0.3) is 11.5 Å². The normalized spacial score (nSPS) is 17.0. The summed E-state index contributed by atoms with van der Waals surface area (Å²) in [5.74, 6) is 1.68. The van der Waals surface area contributed by atoms with Crippen molar-refractivity contribution in [2.75, 3.05) is 13.1 Å². The number of carbonyl (C=O) groups is 1. The van der Waals surface area contributed by atoms with Crippen molar-refractivity contribution in [2.45, 2.75) is 19.3 Å². The smallest absolute Gasteiger partial charge is 0.274 e. The minimum absolute atomic E-state index is 0.0370. The van der Waals surface area contributed by atoms with Gasteiger partial charge in [-0.2, -0.15) is 5.10 Å². The molecular weight excluding hydrogens is 330 g/mol. The van der Waals surface area contributed by atoms with Crippen molar-refractivity contribution in [3.8, 4) is 11.5 Å². The molecular formula is C18H21N7O. The van der Waals surface area contributed by atoms with Crippen LogP contribution in [0.1, 0.15) is 34.3 Å². The molecule has 0 saturated carbocycles. The van der Waals surface area contributed by atoms with Crippen LogP contribution in [0.3, 0.4) is 0 Å². The zero-order valence-corrected chi connectivity index (χ0v) is 15.1. The second-order valence-electron chi connectivity index (χ2n) is 6.73. The zero-order valence-electron chi connectivity index (χ0n) is 15.1. The number of nitrogens with zero attached hydrogens (tertiary/aromatic N) is 7. The Morgan fingerprint density at radius 3 is 2.77 bits per heavy atom. The number of amides is 1. The SMILES string of the molecule is Cc1cc(-c2nccn2C)nc([C@@H]2CCN(C(=O)c3ccn(C)n3)C2)n1. The van der Waals surface area contributed by atoms with Crippen molar-refractivity contribution in [3.05, 3.63) is 47.9 Å². The average molecular weight is 351 g/mol. The highest BCUT2D eigenvalue weighted by molar-refractivity contribution is 5.92. The fourth-order valence-electron chi connectivity index (χ4n) is 3.35. The number of hydrogen-bond acceptors (Lipinski definition) is 5. The van der Waals surface area contributed by atoms with Crippen molar-refractivity contribution in [2.24, 2.45) is 14.1 Å². The van der Waals surface area contributed by atoms with Gasteiger partial charge in [0.2, 0.25) is 0 Å². The van der Waals surface area contributed by atoms with Gasteiger partial charge in [-0.3, -0.25) is 9.48 Å². The van der Waals surface area contributed by atoms with Gasteiger partial charge in [0.25, 0.3) is 5.91 Å². The van der Waals surface area contributed by atoms with Gasteiger partial charge in [-0.15, -0.1) is 0 Å². The summed E-state index contributed by atoms with van der Waals surface area (Å²) in [6.45, 7) is 3.26. The summed E-state index contributed by atoms with van der Waals surface area (Å²) in [6.07, 6.45) is 6.29. The standard InChI is InChI=1S/C18H21N7O/c1-12-10-15(17-19-6-9-23(17)2)21-16(20-12)13-4-8-25(11-13)18(26)14-5-7-24(3)22-14/h5-7,9-10,13H,4,8,11H2,1-3H3/t13-/m1/s1. The first-order chi connectivity index (χ1) is 12.5. The highest BCUT2D eigenvalue weighted by Crippen LogP contribution is 2.27. The fraction of sp³-hybridized carbons (Fsp3) is 0.389. The largest absolute Gasteiger partial charge is 0.336 e. The molecule has 0 radical (unpaired) electrons. The fourth-order valence-corrected chi connectivity index (χ4v) is 3.35. The van der Waals surface area contributed by atoms with E-state index in [0.29, 0.717) is 18.8 Å². The monoisotopic (exact) mass is 351 g/mol. The second-order valence-corrected chi connectivity index (χ2v) is 6.73. The van der Waals surface area contributed by atoms with E-state index < -0.39 is 0 Å². The molecule has 134 valence electrons. The molecule has 4 rings (SSSR count). The highest BCUT2D eigenvalue weighted by atomic mass is 16.2. The van der Waals surface area contributed by atoms with E-state index in [1.165, 1.54) is 0 Å². The predicted molar refractivity (Wildman–Crippen MR) is 95.4 cm³/mol. The third kappa shape index (κ3) is 2.98. The number of aromatic nitrogens is 6. The predicted octanol–water partition coefficient (Wildman–Crippen LogP) is 1.55. The number of imidazole rings is 1. The van der Waals surface area contributed by atoms with Crippen LogP contribution in [-0.4, -0.2) is 53.2 Å². The Morgan fingerprint density at radius 2 is 2.08 bits per heavy atom. The Kier molecular flexibility index (Phi) is 4.02. The van der Waals surface area contributed by atoms with Crippen molar-refractivity contribution < 1.29 is 4.79 Å². The molecule has 8 nitrogen and oxygen atoms in total. The van der Waals surface area contributed by atoms with Gasteiger partial charge in [0.1, 0.15) is 17.2 Å². The van der Waals surface area contributed by atoms with Gasteiger partial charge in [0, 0.05) is 57.4 Å². The number of likely N-dealkylation sites (tertiary alicyclic amines) is 1. The molecule has 1 aliphatic heterocycles. The van der Waals surface area contributed by atoms with Crippen molar-refractivity contribution in [3.63, 3.8) is 0 Å². The van der Waals surface area contributed by atoms with E-state index in [2.05, 4.69) is 15.1 Å². The molecule has 3 aromatic rings. The van der Waals surface area contributed by atoms with Gasteiger partial charge >= 0.3 is 0 Å². The number of aryl methyl sites for hydroxylation is 3. The number of rotatable bonds is 3. The molecule has 3 aromatic heterocycles. The van der Waals surface area contributed by atoms with Gasteiger partial charge < -0.3 is 9.47 Å². The molecule has 0 N–H and O–H groups in total. The Bertz CT molecular complexity index is 958. The Hall–Kier alpha value is -3.03. The lowest BCUT2D eigenvalue weighted by Crippen LogP contribution is -2.29. The molecule has 1 atom stereocenters. The van der Waals surface area contributed by atoms with Crippen LogP contribution in [-0.2, 0) is 14.1 Å². The average Bonchev–Trinajstić information content (AvgIpc) is 3.34. The molecule has 8 heteroatoms. The van der Waals surface area contributed by atoms with E-state index in [-0.39, 0.29) is 11.8 Å². The molecule has 1 saturated heterocycles. The molecule has 0 aliphatic carbocycles. The third-order valence-corrected chi connectivity index (χ3v) is 4.70. The number of hydrogen-bond donors (Lipinski definition) is 0. The molecule has 0 aromatic carbocycles. The van der Waals surface area contributed by atoms with Gasteiger partial charge in [-0.1, -0.05) is 0 Å². The van der Waals surface area contributed by atoms with Crippen LogP contribution in [0.4, 0.5) is 0 Å². The maximum absolute atomic E-state index is 12.6. The maximum atomic E-state index is 12.6. The third-order valence-electron chi connectivity index (χ3n) is 4.70. The molecule has 0 unspecified atom stereocenters. The van der Waals surface area contributed by atoms with E-state index in [1.54, 1.807) is 23.1 Å². The summed E-state index contributed by atoms with van der Waals surface area (Å²) in [5.41, 5.74) is 2.20. The summed E-state index contributed by atoms with van der Waals surface area (Å²) in [5, 5.41) is 4.21. The van der Waals surface area contributed by atoms with E-state index in [0.717, 1.165) is 29.5 Å². The Labute approximate surface area is 151 Å². The van der Waals surface area contributed by atoms with Gasteiger partial charge in [0.05, 0.1) is 0 Å². The summed E-state index contributed by atoms with van der Waals surface area (Å²) in [7, 11) is 3.76. The Balaban J connectivity index is 1.56. The van der Waals surface area contributed by atoms with Crippen molar-refractivity contribution in [1.82, 2.24) is 34.2 Å². The molecule has 0 spiro atoms. The summed E-state index contributed by atoms with van der Waals surface area (Å²) in [6, 6.07) is 3.69. The van der Waals surface area contributed by atoms with E-state index in [9.17, 15) is 4.79 Å². The molecule has 1 fully saturated rings.